The van der Waals surface area contributed by atoms with E-state index in [1.165, 1.54) is 10.2 Å². The molecule has 0 atom stereocenters. The molecule has 0 aliphatic rings. The molecule has 3 N–H and O–H groups in total. The fourth-order valence-electron chi connectivity index (χ4n) is 0.490. The maximum absolute atomic E-state index is 6.94. The van der Waals surface area contributed by atoms with Crippen LogP contribution in [0.5, 0.6) is 0 Å². The molecule has 0 bridgehead atoms. The number of hydrogen-bond acceptors (Lipinski definition) is 3. The van der Waals surface area contributed by atoms with Crippen molar-refractivity contribution < 1.29 is 0 Å². The van der Waals surface area contributed by atoms with Gasteiger partial charge in [0, 0.05) is 12.4 Å². The molecule has 1 heterocycles. The second-order valence-electron chi connectivity index (χ2n) is 1.51. The molecule has 0 amide bonds. The normalized spacial score (nSPS) is 9.44. The summed E-state index contributed by atoms with van der Waals surface area (Å²) in [7, 11) is 0. The van der Waals surface area contributed by atoms with Crippen LogP contribution in [0.25, 0.3) is 0 Å². The Morgan fingerprint density at radius 2 is 2.56 bits per heavy atom. The van der Waals surface area contributed by atoms with Gasteiger partial charge in [-0.05, 0) is 0 Å². The molecule has 0 saturated heterocycles. The number of imidazole rings is 1. The molecule has 0 radical (unpaired) electrons. The topological polar surface area (TPSA) is 67.7 Å². The van der Waals surface area contributed by atoms with Crippen LogP contribution < -0.4 is 5.73 Å². The van der Waals surface area contributed by atoms with E-state index in [1.807, 2.05) is 0 Å². The molecule has 1 rings (SSSR count). The maximum atomic E-state index is 6.94. The van der Waals surface area contributed by atoms with Gasteiger partial charge in [-0.15, -0.1) is 0 Å². The standard InChI is InChI=1S/C4H6N4S/c5-3(6)4-7-1-2-8(4)9/h1-2,9H,(H3,5,6). The van der Waals surface area contributed by atoms with Gasteiger partial charge in [-0.2, -0.15) is 0 Å². The molecule has 0 unspecified atom stereocenters. The SMILES string of the molecule is N=C(N)c1nccn1S. The van der Waals surface area contributed by atoms with Crippen LogP contribution in [0.15, 0.2) is 12.4 Å². The van der Waals surface area contributed by atoms with Crippen LogP contribution in [0.2, 0.25) is 0 Å². The zero-order valence-electron chi connectivity index (χ0n) is 4.57. The summed E-state index contributed by atoms with van der Waals surface area (Å²) in [6, 6.07) is 0. The highest BCUT2D eigenvalue weighted by atomic mass is 32.1. The summed E-state index contributed by atoms with van der Waals surface area (Å²) in [6.07, 6.45) is 3.14. The molecule has 0 spiro atoms. The van der Waals surface area contributed by atoms with Gasteiger partial charge >= 0.3 is 0 Å². The Kier molecular flexibility index (Phi) is 1.44. The molecule has 0 saturated carbocycles. The van der Waals surface area contributed by atoms with E-state index in [1.54, 1.807) is 6.20 Å². The van der Waals surface area contributed by atoms with E-state index in [4.69, 9.17) is 11.1 Å². The predicted octanol–water partition coefficient (Wildman–Crippen LogP) is -0.140. The Labute approximate surface area is 57.8 Å². The van der Waals surface area contributed by atoms with E-state index < -0.39 is 0 Å². The number of aromatic nitrogens is 2. The van der Waals surface area contributed by atoms with Crippen molar-refractivity contribution in [3.05, 3.63) is 18.2 Å². The summed E-state index contributed by atoms with van der Waals surface area (Å²) in [4.78, 5) is 3.75. The molecule has 9 heavy (non-hydrogen) atoms. The van der Waals surface area contributed by atoms with Crippen molar-refractivity contribution in [1.82, 2.24) is 8.96 Å². The lowest BCUT2D eigenvalue weighted by Crippen LogP contribution is -2.14. The highest BCUT2D eigenvalue weighted by molar-refractivity contribution is 7.78. The van der Waals surface area contributed by atoms with Crippen LogP contribution in [-0.4, -0.2) is 14.8 Å². The van der Waals surface area contributed by atoms with Crippen molar-refractivity contribution in [2.75, 3.05) is 0 Å². The minimum absolute atomic E-state index is 0.0741. The Balaban J connectivity index is 3.08. The first-order valence-electron chi connectivity index (χ1n) is 2.29. The Morgan fingerprint density at radius 1 is 1.89 bits per heavy atom. The number of nitrogen functional groups attached to an aromatic ring is 1. The third kappa shape index (κ3) is 1.05. The predicted molar refractivity (Wildman–Crippen MR) is 37.6 cm³/mol. The number of nitrogens with one attached hydrogen (secondary N) is 1. The molecule has 0 fully saturated rings. The first-order valence-corrected chi connectivity index (χ1v) is 2.69. The van der Waals surface area contributed by atoms with E-state index in [-0.39, 0.29) is 5.84 Å². The maximum Gasteiger partial charge on any atom is 0.185 e. The summed E-state index contributed by atoms with van der Waals surface area (Å²) < 4.78 is 1.39. The van der Waals surface area contributed by atoms with Crippen LogP contribution in [-0.2, 0) is 0 Å². The van der Waals surface area contributed by atoms with Crippen LogP contribution in [0, 0.1) is 5.41 Å². The van der Waals surface area contributed by atoms with Crippen molar-refractivity contribution in [2.24, 2.45) is 5.73 Å². The van der Waals surface area contributed by atoms with E-state index in [9.17, 15) is 0 Å². The Morgan fingerprint density at radius 3 is 2.78 bits per heavy atom. The second-order valence-corrected chi connectivity index (χ2v) is 1.94. The molecule has 5 heteroatoms. The first kappa shape index (κ1) is 6.15. The average Bonchev–Trinajstić information content (AvgIpc) is 2.13. The van der Waals surface area contributed by atoms with Gasteiger partial charge in [-0.3, -0.25) is 9.38 Å². The van der Waals surface area contributed by atoms with Crippen LogP contribution in [0.4, 0.5) is 0 Å². The fraction of sp³-hybridized carbons (Fsp3) is 0. The third-order valence-electron chi connectivity index (χ3n) is 0.863. The lowest BCUT2D eigenvalue weighted by molar-refractivity contribution is 1.17. The third-order valence-corrected chi connectivity index (χ3v) is 1.19. The first-order chi connectivity index (χ1) is 4.22. The molecule has 0 aromatic carbocycles. The van der Waals surface area contributed by atoms with Gasteiger partial charge in [0.15, 0.2) is 11.7 Å². The van der Waals surface area contributed by atoms with Crippen molar-refractivity contribution in [3.63, 3.8) is 0 Å². The number of nitrogens with two attached hydrogens (primary N) is 1. The zero-order chi connectivity index (χ0) is 6.85. The number of nitrogens with zero attached hydrogens (tertiary/aromatic N) is 2. The quantitative estimate of drug-likeness (QED) is 0.290. The number of amidine groups is 1. The van der Waals surface area contributed by atoms with Crippen LogP contribution in [0.1, 0.15) is 5.82 Å². The lowest BCUT2D eigenvalue weighted by Gasteiger charge is -1.93. The minimum atomic E-state index is -0.0741. The van der Waals surface area contributed by atoms with Crippen molar-refractivity contribution in [3.8, 4) is 0 Å². The second kappa shape index (κ2) is 2.10. The fourth-order valence-corrected chi connectivity index (χ4v) is 0.709. The molecule has 0 aliphatic carbocycles. The van der Waals surface area contributed by atoms with Crippen molar-refractivity contribution in [2.45, 2.75) is 0 Å². The summed E-state index contributed by atoms with van der Waals surface area (Å²) in [5.74, 6) is 0.299. The van der Waals surface area contributed by atoms with Gasteiger partial charge in [-0.1, -0.05) is 12.8 Å². The minimum Gasteiger partial charge on any atom is -0.381 e. The van der Waals surface area contributed by atoms with Crippen LogP contribution in [0.3, 0.4) is 0 Å². The highest BCUT2D eigenvalue weighted by Crippen LogP contribution is 1.95. The molecular formula is C4H6N4S. The molecule has 48 valence electrons. The van der Waals surface area contributed by atoms with Gasteiger partial charge in [0.2, 0.25) is 0 Å². The molecular weight excluding hydrogens is 136 g/mol. The van der Waals surface area contributed by atoms with Gasteiger partial charge < -0.3 is 5.73 Å². The lowest BCUT2D eigenvalue weighted by atomic mass is 10.6. The van der Waals surface area contributed by atoms with Gasteiger partial charge in [0.25, 0.3) is 0 Å². The molecule has 0 aliphatic heterocycles. The van der Waals surface area contributed by atoms with E-state index in [2.05, 4.69) is 17.8 Å². The number of rotatable bonds is 1. The van der Waals surface area contributed by atoms with E-state index in [0.717, 1.165) is 0 Å². The van der Waals surface area contributed by atoms with E-state index >= 15 is 0 Å². The average molecular weight is 142 g/mol. The summed E-state index contributed by atoms with van der Waals surface area (Å²) >= 11 is 3.92. The smallest absolute Gasteiger partial charge is 0.185 e. The number of hydrogen-bond donors (Lipinski definition) is 3. The molecule has 1 aromatic heterocycles. The van der Waals surface area contributed by atoms with Gasteiger partial charge in [-0.25, -0.2) is 4.98 Å². The molecule has 4 nitrogen and oxygen atoms in total. The van der Waals surface area contributed by atoms with E-state index in [0.29, 0.717) is 5.82 Å². The Bertz CT molecular complexity index is 228. The Hall–Kier alpha value is -0.970. The largest absolute Gasteiger partial charge is 0.381 e. The molecule has 1 aromatic rings. The van der Waals surface area contributed by atoms with Gasteiger partial charge in [0.1, 0.15) is 0 Å². The monoisotopic (exact) mass is 142 g/mol. The number of thiol groups is 1. The van der Waals surface area contributed by atoms with Crippen molar-refractivity contribution >= 4 is 18.7 Å². The van der Waals surface area contributed by atoms with Crippen LogP contribution >= 0.6 is 12.8 Å². The highest BCUT2D eigenvalue weighted by Gasteiger charge is 1.99. The van der Waals surface area contributed by atoms with Gasteiger partial charge in [0.05, 0.1) is 0 Å². The summed E-state index contributed by atoms with van der Waals surface area (Å²) in [5.41, 5.74) is 5.11. The summed E-state index contributed by atoms with van der Waals surface area (Å²) in [6.45, 7) is 0. The summed E-state index contributed by atoms with van der Waals surface area (Å²) in [5, 5.41) is 6.94. The zero-order valence-corrected chi connectivity index (χ0v) is 5.47. The van der Waals surface area contributed by atoms with Crippen molar-refractivity contribution in [1.29, 1.82) is 5.41 Å².